The standard InChI is InChI=1S/C5H11NO2.C3H8O3S/c1-6(2,3)4-5(7)8;1-2-3-7(4,5)6/h4H2,1-3H3;2-3H2,1H3,(H,4,5,6)/p-1. The average Bonchev–Trinajstić information content (AvgIpc) is 1.77. The first kappa shape index (κ1) is 16.8. The predicted molar refractivity (Wildman–Crippen MR) is 52.8 cm³/mol. The van der Waals surface area contributed by atoms with Crippen LogP contribution in [0.2, 0.25) is 0 Å². The van der Waals surface area contributed by atoms with Gasteiger partial charge in [-0.15, -0.1) is 0 Å². The van der Waals surface area contributed by atoms with Crippen LogP contribution in [0.15, 0.2) is 0 Å². The molecule has 0 rings (SSSR count). The third-order valence-corrected chi connectivity index (χ3v) is 1.97. The van der Waals surface area contributed by atoms with Crippen LogP contribution in [0.3, 0.4) is 0 Å². The number of carboxylic acids is 1. The van der Waals surface area contributed by atoms with Gasteiger partial charge in [0.15, 0.2) is 0 Å². The summed E-state index contributed by atoms with van der Waals surface area (Å²) in [5.41, 5.74) is 0. The Balaban J connectivity index is 0. The SMILES string of the molecule is CCCS(=O)(=O)[O-].C[N+](C)(C)CC(=O)[O-]. The highest BCUT2D eigenvalue weighted by atomic mass is 32.2. The van der Waals surface area contributed by atoms with E-state index in [0.29, 0.717) is 10.9 Å². The molecule has 0 saturated heterocycles. The van der Waals surface area contributed by atoms with Gasteiger partial charge in [-0.2, -0.15) is 0 Å². The van der Waals surface area contributed by atoms with E-state index in [2.05, 4.69) is 0 Å². The zero-order valence-electron chi connectivity index (χ0n) is 9.52. The van der Waals surface area contributed by atoms with E-state index in [4.69, 9.17) is 0 Å². The van der Waals surface area contributed by atoms with Crippen molar-refractivity contribution in [1.82, 2.24) is 0 Å². The lowest BCUT2D eigenvalue weighted by molar-refractivity contribution is -0.864. The Morgan fingerprint density at radius 2 is 1.67 bits per heavy atom. The fraction of sp³-hybridized carbons (Fsp3) is 0.875. The first-order valence-corrected chi connectivity index (χ1v) is 5.99. The summed E-state index contributed by atoms with van der Waals surface area (Å²) in [6, 6.07) is 0. The van der Waals surface area contributed by atoms with Crippen LogP contribution in [0.4, 0.5) is 0 Å². The zero-order valence-corrected chi connectivity index (χ0v) is 10.3. The minimum atomic E-state index is -3.92. The summed E-state index contributed by atoms with van der Waals surface area (Å²) in [5, 5.41) is 9.89. The first-order valence-electron chi connectivity index (χ1n) is 4.42. The lowest BCUT2D eigenvalue weighted by atomic mass is 10.5. The van der Waals surface area contributed by atoms with E-state index < -0.39 is 16.1 Å². The molecular weight excluding hydrogens is 222 g/mol. The summed E-state index contributed by atoms with van der Waals surface area (Å²) in [4.78, 5) is 9.89. The van der Waals surface area contributed by atoms with Gasteiger partial charge in [0, 0.05) is 5.75 Å². The minimum Gasteiger partial charge on any atom is -0.748 e. The van der Waals surface area contributed by atoms with Gasteiger partial charge in [-0.25, -0.2) is 8.42 Å². The maximum absolute atomic E-state index is 9.89. The fourth-order valence-electron chi connectivity index (χ4n) is 0.637. The third kappa shape index (κ3) is 24.7. The van der Waals surface area contributed by atoms with Crippen LogP contribution in [-0.2, 0) is 14.9 Å². The number of carbonyl (C=O) groups is 1. The molecule has 0 unspecified atom stereocenters. The second-order valence-electron chi connectivity index (χ2n) is 4.08. The Morgan fingerprint density at radius 3 is 1.67 bits per heavy atom. The van der Waals surface area contributed by atoms with Gasteiger partial charge < -0.3 is 18.9 Å². The highest BCUT2D eigenvalue weighted by molar-refractivity contribution is 7.85. The highest BCUT2D eigenvalue weighted by Gasteiger charge is 2.04. The van der Waals surface area contributed by atoms with E-state index in [1.807, 2.05) is 0 Å². The zero-order chi connectivity index (χ0) is 12.7. The number of likely N-dealkylation sites (N-methyl/N-ethyl adjacent to an activating group) is 1. The average molecular weight is 240 g/mol. The molecule has 0 atom stereocenters. The largest absolute Gasteiger partial charge is 0.748 e. The molecule has 0 N–H and O–H groups in total. The lowest BCUT2D eigenvalue weighted by Gasteiger charge is -2.23. The Kier molecular flexibility index (Phi) is 7.55. The maximum atomic E-state index is 9.89. The van der Waals surface area contributed by atoms with Gasteiger partial charge in [-0.3, -0.25) is 0 Å². The van der Waals surface area contributed by atoms with Gasteiger partial charge in [0.1, 0.15) is 6.54 Å². The molecule has 0 aromatic heterocycles. The van der Waals surface area contributed by atoms with Crippen LogP contribution in [0.25, 0.3) is 0 Å². The molecule has 0 aliphatic rings. The van der Waals surface area contributed by atoms with Crippen molar-refractivity contribution in [2.45, 2.75) is 13.3 Å². The second-order valence-corrected chi connectivity index (χ2v) is 5.61. The predicted octanol–water partition coefficient (Wildman–Crippen LogP) is -1.62. The molecule has 0 spiro atoms. The molecule has 0 aromatic rings. The van der Waals surface area contributed by atoms with Crippen molar-refractivity contribution in [3.05, 3.63) is 0 Å². The van der Waals surface area contributed by atoms with Crippen LogP contribution in [0.1, 0.15) is 13.3 Å². The molecule has 6 nitrogen and oxygen atoms in total. The number of quaternary nitrogens is 1. The topological polar surface area (TPSA) is 97.3 Å². The molecule has 0 bridgehead atoms. The van der Waals surface area contributed by atoms with Crippen molar-refractivity contribution < 1.29 is 27.4 Å². The molecule has 0 aliphatic carbocycles. The van der Waals surface area contributed by atoms with Crippen molar-refractivity contribution in [3.8, 4) is 0 Å². The van der Waals surface area contributed by atoms with E-state index in [0.717, 1.165) is 0 Å². The quantitative estimate of drug-likeness (QED) is 0.435. The summed E-state index contributed by atoms with van der Waals surface area (Å²) in [6.07, 6.45) is 0.409. The minimum absolute atomic E-state index is 0.0694. The molecule has 0 saturated carbocycles. The van der Waals surface area contributed by atoms with Crippen molar-refractivity contribution in [2.75, 3.05) is 33.4 Å². The van der Waals surface area contributed by atoms with Crippen molar-refractivity contribution >= 4 is 16.1 Å². The van der Waals surface area contributed by atoms with E-state index in [1.54, 1.807) is 28.1 Å². The van der Waals surface area contributed by atoms with Gasteiger partial charge in [-0.1, -0.05) is 6.92 Å². The summed E-state index contributed by atoms with van der Waals surface area (Å²) < 4.78 is 29.4. The van der Waals surface area contributed by atoms with Gasteiger partial charge in [-0.05, 0) is 6.42 Å². The molecule has 0 aromatic carbocycles. The Labute approximate surface area is 90.9 Å². The van der Waals surface area contributed by atoms with Crippen LogP contribution in [0.5, 0.6) is 0 Å². The number of rotatable bonds is 4. The number of aliphatic carboxylic acids is 1. The third-order valence-electron chi connectivity index (χ3n) is 1.06. The Bertz CT molecular complexity index is 278. The van der Waals surface area contributed by atoms with E-state index in [1.165, 1.54) is 0 Å². The Hall–Kier alpha value is -0.660. The number of hydrogen-bond donors (Lipinski definition) is 0. The molecule has 0 fully saturated rings. The molecular formula is C8H18NO5S-. The van der Waals surface area contributed by atoms with E-state index >= 15 is 0 Å². The van der Waals surface area contributed by atoms with E-state index in [-0.39, 0.29) is 12.3 Å². The number of hydrogen-bond acceptors (Lipinski definition) is 5. The first-order chi connectivity index (χ1) is 6.48. The maximum Gasteiger partial charge on any atom is 0.118 e. The summed E-state index contributed by atoms with van der Waals surface area (Å²) in [7, 11) is 1.48. The van der Waals surface area contributed by atoms with Gasteiger partial charge in [0.25, 0.3) is 0 Å². The van der Waals surface area contributed by atoms with Crippen molar-refractivity contribution in [1.29, 1.82) is 0 Å². The molecule has 0 radical (unpaired) electrons. The second kappa shape index (κ2) is 6.76. The number of carbonyl (C=O) groups excluding carboxylic acids is 1. The molecule has 92 valence electrons. The molecule has 0 amide bonds. The number of carboxylic acid groups (broad SMARTS) is 1. The van der Waals surface area contributed by atoms with Crippen molar-refractivity contribution in [2.24, 2.45) is 0 Å². The fourth-order valence-corrected chi connectivity index (χ4v) is 1.14. The molecule has 0 heterocycles. The molecule has 0 aliphatic heterocycles. The van der Waals surface area contributed by atoms with E-state index in [9.17, 15) is 22.9 Å². The summed E-state index contributed by atoms with van der Waals surface area (Å²) in [6.45, 7) is 1.72. The summed E-state index contributed by atoms with van der Waals surface area (Å²) >= 11 is 0. The van der Waals surface area contributed by atoms with Gasteiger partial charge in [0.05, 0.1) is 37.2 Å². The van der Waals surface area contributed by atoms with Gasteiger partial charge >= 0.3 is 0 Å². The normalized spacial score (nSPS) is 11.5. The van der Waals surface area contributed by atoms with Crippen molar-refractivity contribution in [3.63, 3.8) is 0 Å². The highest BCUT2D eigenvalue weighted by Crippen LogP contribution is 1.85. The van der Waals surface area contributed by atoms with Gasteiger partial charge in [0.2, 0.25) is 0 Å². The van der Waals surface area contributed by atoms with Crippen LogP contribution < -0.4 is 5.11 Å². The molecule has 15 heavy (non-hydrogen) atoms. The summed E-state index contributed by atoms with van der Waals surface area (Å²) in [5.74, 6) is -1.25. The van der Waals surface area contributed by atoms with Crippen LogP contribution in [0, 0.1) is 0 Å². The lowest BCUT2D eigenvalue weighted by Crippen LogP contribution is -2.45. The smallest absolute Gasteiger partial charge is 0.118 e. The monoisotopic (exact) mass is 240 g/mol. The Morgan fingerprint density at radius 1 is 1.27 bits per heavy atom. The van der Waals surface area contributed by atoms with Crippen LogP contribution >= 0.6 is 0 Å². The molecule has 7 heteroatoms. The number of nitrogens with zero attached hydrogens (tertiary/aromatic N) is 1. The van der Waals surface area contributed by atoms with Crippen LogP contribution in [-0.4, -0.2) is 56.9 Å².